The Kier molecular flexibility index (Phi) is 7.22. The second kappa shape index (κ2) is 10.6. The van der Waals surface area contributed by atoms with E-state index in [0.29, 0.717) is 47.8 Å². The number of pyridine rings is 2. The van der Waals surface area contributed by atoms with Gasteiger partial charge in [0.1, 0.15) is 35.5 Å². The molecule has 1 aliphatic rings. The fraction of sp³-hybridized carbons (Fsp3) is 0.370. The van der Waals surface area contributed by atoms with Crippen LogP contribution in [0, 0.1) is 18.7 Å². The molecule has 0 atom stereocenters. The minimum atomic E-state index is -1.21. The minimum absolute atomic E-state index is 0.00896. The van der Waals surface area contributed by atoms with Crippen molar-refractivity contribution in [3.63, 3.8) is 0 Å². The first kappa shape index (κ1) is 25.9. The number of hydrogen-bond acceptors (Lipinski definition) is 7. The van der Waals surface area contributed by atoms with Gasteiger partial charge in [0.15, 0.2) is 5.82 Å². The third kappa shape index (κ3) is 6.22. The predicted molar refractivity (Wildman–Crippen MR) is 148 cm³/mol. The van der Waals surface area contributed by atoms with Crippen molar-refractivity contribution in [3.05, 3.63) is 54.2 Å². The number of nitrogens with one attached hydrogen (secondary N) is 2. The van der Waals surface area contributed by atoms with Crippen LogP contribution < -0.4 is 10.6 Å². The summed E-state index contributed by atoms with van der Waals surface area (Å²) >= 11 is 0. The van der Waals surface area contributed by atoms with Crippen LogP contribution >= 0.6 is 0 Å². The zero-order chi connectivity index (χ0) is 26.9. The molecule has 1 saturated carbocycles. The van der Waals surface area contributed by atoms with Crippen LogP contribution in [0.15, 0.2) is 42.7 Å². The van der Waals surface area contributed by atoms with E-state index in [1.165, 1.54) is 6.07 Å². The highest BCUT2D eigenvalue weighted by atomic mass is 28.3. The Morgan fingerprint density at radius 3 is 2.71 bits per heavy atom. The molecule has 0 unspecified atom stereocenters. The number of nitrogens with zero attached hydrogens (tertiary/aromatic N) is 5. The van der Waals surface area contributed by atoms with Crippen LogP contribution in [0.4, 0.5) is 21.7 Å². The molecule has 4 heterocycles. The van der Waals surface area contributed by atoms with E-state index in [-0.39, 0.29) is 23.3 Å². The maximum Gasteiger partial charge on any atom is 0.228 e. The van der Waals surface area contributed by atoms with Gasteiger partial charge in [-0.05, 0) is 50.1 Å². The van der Waals surface area contributed by atoms with Gasteiger partial charge in [0.2, 0.25) is 5.91 Å². The Morgan fingerprint density at radius 2 is 1.97 bits per heavy atom. The van der Waals surface area contributed by atoms with Crippen molar-refractivity contribution in [2.75, 3.05) is 17.2 Å². The van der Waals surface area contributed by atoms with E-state index in [1.54, 1.807) is 31.3 Å². The summed E-state index contributed by atoms with van der Waals surface area (Å²) in [6, 6.07) is 9.52. The first-order chi connectivity index (χ1) is 18.2. The van der Waals surface area contributed by atoms with Gasteiger partial charge in [-0.15, -0.1) is 0 Å². The molecule has 38 heavy (non-hydrogen) atoms. The van der Waals surface area contributed by atoms with Gasteiger partial charge in [-0.2, -0.15) is 0 Å². The number of rotatable bonds is 10. The van der Waals surface area contributed by atoms with Crippen LogP contribution in [0.1, 0.15) is 18.5 Å². The van der Waals surface area contributed by atoms with Gasteiger partial charge in [-0.3, -0.25) is 4.79 Å². The molecule has 1 amide bonds. The lowest BCUT2D eigenvalue weighted by Crippen LogP contribution is -2.22. The van der Waals surface area contributed by atoms with Gasteiger partial charge in [0, 0.05) is 44.7 Å². The normalized spacial score (nSPS) is 13.6. The molecule has 4 aromatic rings. The van der Waals surface area contributed by atoms with E-state index >= 15 is 0 Å². The molecular formula is C27H32FN7O2Si. The van der Waals surface area contributed by atoms with Gasteiger partial charge in [0.25, 0.3) is 0 Å². The molecule has 0 bridgehead atoms. The summed E-state index contributed by atoms with van der Waals surface area (Å²) in [5.74, 6) is 1.08. The fourth-order valence-corrected chi connectivity index (χ4v) is 4.63. The summed E-state index contributed by atoms with van der Waals surface area (Å²) in [5.41, 5.74) is 2.12. The third-order valence-corrected chi connectivity index (χ3v) is 8.02. The Balaban J connectivity index is 1.47. The number of ether oxygens (including phenoxy) is 1. The van der Waals surface area contributed by atoms with Crippen molar-refractivity contribution in [2.45, 2.75) is 52.2 Å². The van der Waals surface area contributed by atoms with Crippen LogP contribution in [-0.4, -0.2) is 45.1 Å². The van der Waals surface area contributed by atoms with Gasteiger partial charge >= 0.3 is 0 Å². The molecule has 9 nitrogen and oxygen atoms in total. The first-order valence-corrected chi connectivity index (χ1v) is 16.5. The van der Waals surface area contributed by atoms with Gasteiger partial charge in [-0.25, -0.2) is 24.3 Å². The molecule has 5 rings (SSSR count). The second-order valence-corrected chi connectivity index (χ2v) is 16.5. The number of carbonyl (C=O) groups is 1. The van der Waals surface area contributed by atoms with Gasteiger partial charge in [-0.1, -0.05) is 19.6 Å². The number of amides is 1. The van der Waals surface area contributed by atoms with Crippen LogP contribution in [0.5, 0.6) is 0 Å². The number of halogens is 1. The van der Waals surface area contributed by atoms with Crippen molar-refractivity contribution in [1.82, 2.24) is 24.5 Å². The Morgan fingerprint density at radius 1 is 1.16 bits per heavy atom. The summed E-state index contributed by atoms with van der Waals surface area (Å²) in [6.07, 6.45) is 5.38. The monoisotopic (exact) mass is 533 g/mol. The predicted octanol–water partition coefficient (Wildman–Crippen LogP) is 5.74. The van der Waals surface area contributed by atoms with E-state index in [1.807, 2.05) is 16.8 Å². The highest BCUT2D eigenvalue weighted by Crippen LogP contribution is 2.31. The maximum absolute atomic E-state index is 13.9. The Bertz CT molecular complexity index is 1480. The van der Waals surface area contributed by atoms with Crippen LogP contribution in [-0.2, 0) is 16.3 Å². The molecule has 1 aliphatic carbocycles. The molecule has 1 fully saturated rings. The number of hydrogen-bond donors (Lipinski definition) is 2. The highest BCUT2D eigenvalue weighted by Gasteiger charge is 2.29. The number of aromatic nitrogens is 5. The van der Waals surface area contributed by atoms with E-state index in [0.717, 1.165) is 24.3 Å². The summed E-state index contributed by atoms with van der Waals surface area (Å²) in [7, 11) is -1.21. The van der Waals surface area contributed by atoms with Crippen molar-refractivity contribution >= 4 is 42.3 Å². The van der Waals surface area contributed by atoms with Crippen molar-refractivity contribution in [2.24, 2.45) is 5.92 Å². The SMILES string of the molecule is Cc1nc(-c2nc(Nc3ccnc(NC(=O)C4CC4)c3)c3ccn(COCC[Si](C)(C)C)c3n2)ccc1F. The van der Waals surface area contributed by atoms with E-state index in [4.69, 9.17) is 14.7 Å². The molecule has 0 aliphatic heterocycles. The minimum Gasteiger partial charge on any atom is -0.361 e. The van der Waals surface area contributed by atoms with E-state index in [2.05, 4.69) is 40.2 Å². The smallest absolute Gasteiger partial charge is 0.228 e. The van der Waals surface area contributed by atoms with Crippen molar-refractivity contribution in [3.8, 4) is 11.5 Å². The molecule has 0 spiro atoms. The lowest BCUT2D eigenvalue weighted by atomic mass is 10.2. The first-order valence-electron chi connectivity index (χ1n) is 12.8. The standard InChI is InChI=1S/C27H32FN7O2Si/c1-17-21(28)7-8-22(30-17)25-33-24(31-19-9-11-29-23(15-19)32-27(36)18-5-6-18)20-10-12-35(26(20)34-25)16-37-13-14-38(2,3)4/h7-12,15,18H,5-6,13-14,16H2,1-4H3,(H2,29,31,32,33,34,36). The lowest BCUT2D eigenvalue weighted by molar-refractivity contribution is -0.117. The molecule has 198 valence electrons. The average molecular weight is 534 g/mol. The van der Waals surface area contributed by atoms with E-state index < -0.39 is 8.07 Å². The second-order valence-electron chi connectivity index (χ2n) is 10.8. The summed E-state index contributed by atoms with van der Waals surface area (Å²) in [6.45, 7) is 9.60. The summed E-state index contributed by atoms with van der Waals surface area (Å²) in [5, 5.41) is 7.02. The van der Waals surface area contributed by atoms with Gasteiger partial charge in [0.05, 0.1) is 11.1 Å². The van der Waals surface area contributed by atoms with Crippen LogP contribution in [0.2, 0.25) is 25.7 Å². The summed E-state index contributed by atoms with van der Waals surface area (Å²) < 4.78 is 21.8. The zero-order valence-corrected chi connectivity index (χ0v) is 23.1. The fourth-order valence-electron chi connectivity index (χ4n) is 3.88. The van der Waals surface area contributed by atoms with E-state index in [9.17, 15) is 9.18 Å². The Hall–Kier alpha value is -3.70. The molecular weight excluding hydrogens is 501 g/mol. The number of carbonyl (C=O) groups excluding carboxylic acids is 1. The van der Waals surface area contributed by atoms with Crippen molar-refractivity contribution < 1.29 is 13.9 Å². The maximum atomic E-state index is 13.9. The molecule has 11 heteroatoms. The lowest BCUT2D eigenvalue weighted by Gasteiger charge is -2.16. The highest BCUT2D eigenvalue weighted by molar-refractivity contribution is 6.76. The van der Waals surface area contributed by atoms with Crippen LogP contribution in [0.3, 0.4) is 0 Å². The molecule has 0 saturated heterocycles. The molecule has 4 aromatic heterocycles. The molecule has 0 aromatic carbocycles. The largest absolute Gasteiger partial charge is 0.361 e. The summed E-state index contributed by atoms with van der Waals surface area (Å²) in [4.78, 5) is 30.4. The number of fused-ring (bicyclic) bond motifs is 1. The number of anilines is 3. The topological polar surface area (TPSA) is 107 Å². The molecule has 2 N–H and O–H groups in total. The van der Waals surface area contributed by atoms with Gasteiger partial charge < -0.3 is 19.9 Å². The zero-order valence-electron chi connectivity index (χ0n) is 22.1. The Labute approximate surface area is 221 Å². The third-order valence-electron chi connectivity index (χ3n) is 6.32. The van der Waals surface area contributed by atoms with Crippen molar-refractivity contribution in [1.29, 1.82) is 0 Å². The molecule has 0 radical (unpaired) electrons. The van der Waals surface area contributed by atoms with Crippen LogP contribution in [0.25, 0.3) is 22.6 Å². The number of aryl methyl sites for hydroxylation is 1. The average Bonchev–Trinajstić information content (AvgIpc) is 3.64. The quantitative estimate of drug-likeness (QED) is 0.198.